The highest BCUT2D eigenvalue weighted by molar-refractivity contribution is 5.94. The van der Waals surface area contributed by atoms with Gasteiger partial charge in [0.2, 0.25) is 0 Å². The van der Waals surface area contributed by atoms with Crippen molar-refractivity contribution < 1.29 is 19.4 Å². The molecule has 1 rings (SSSR count). The van der Waals surface area contributed by atoms with E-state index in [2.05, 4.69) is 5.32 Å². The summed E-state index contributed by atoms with van der Waals surface area (Å²) in [6.07, 6.45) is 0.107. The van der Waals surface area contributed by atoms with Crippen LogP contribution in [0, 0.1) is 0 Å². The van der Waals surface area contributed by atoms with Crippen molar-refractivity contribution in [2.75, 3.05) is 19.8 Å². The van der Waals surface area contributed by atoms with Crippen LogP contribution in [0.4, 0.5) is 0 Å². The van der Waals surface area contributed by atoms with Crippen LogP contribution in [-0.2, 0) is 0 Å². The lowest BCUT2D eigenvalue weighted by molar-refractivity contribution is 0.0945. The van der Waals surface area contributed by atoms with Gasteiger partial charge in [-0.15, -0.1) is 0 Å². The zero-order valence-corrected chi connectivity index (χ0v) is 12.3. The smallest absolute Gasteiger partial charge is 0.251 e. The topological polar surface area (TPSA) is 67.8 Å². The lowest BCUT2D eigenvalue weighted by Crippen LogP contribution is -2.26. The minimum absolute atomic E-state index is 0.186. The zero-order chi connectivity index (χ0) is 15.0. The number of benzene rings is 1. The number of hydrogen-bond acceptors (Lipinski definition) is 4. The average molecular weight is 281 g/mol. The molecule has 0 heterocycles. The molecule has 0 bridgehead atoms. The maximum atomic E-state index is 12.0. The third-order valence-corrected chi connectivity index (χ3v) is 2.65. The van der Waals surface area contributed by atoms with Crippen molar-refractivity contribution in [1.29, 1.82) is 0 Å². The molecule has 112 valence electrons. The average Bonchev–Trinajstić information content (AvgIpc) is 2.40. The highest BCUT2D eigenvalue weighted by Crippen LogP contribution is 2.28. The maximum absolute atomic E-state index is 12.0. The first-order chi connectivity index (χ1) is 9.58. The molecule has 1 unspecified atom stereocenters. The lowest BCUT2D eigenvalue weighted by Gasteiger charge is -2.12. The predicted molar refractivity (Wildman–Crippen MR) is 77.4 cm³/mol. The molecular formula is C15H23NO4. The molecule has 0 radical (unpaired) electrons. The summed E-state index contributed by atoms with van der Waals surface area (Å²) in [7, 11) is 0. The van der Waals surface area contributed by atoms with E-state index in [1.165, 1.54) is 0 Å². The van der Waals surface area contributed by atoms with Gasteiger partial charge in [0.15, 0.2) is 11.5 Å². The Kier molecular flexibility index (Phi) is 6.87. The minimum Gasteiger partial charge on any atom is -0.490 e. The summed E-state index contributed by atoms with van der Waals surface area (Å²) in [6.45, 7) is 6.95. The largest absolute Gasteiger partial charge is 0.490 e. The molecule has 0 saturated heterocycles. The monoisotopic (exact) mass is 281 g/mol. The standard InChI is InChI=1S/C15H23NO4/c1-4-19-13-7-6-12(10-14(13)20-5-2)15(18)16-9-8-11(3)17/h6-7,10-11,17H,4-5,8-9H2,1-3H3,(H,16,18). The second-order valence-electron chi connectivity index (χ2n) is 4.42. The van der Waals surface area contributed by atoms with Gasteiger partial charge in [-0.25, -0.2) is 0 Å². The molecule has 20 heavy (non-hydrogen) atoms. The second kappa shape index (κ2) is 8.43. The van der Waals surface area contributed by atoms with E-state index in [-0.39, 0.29) is 5.91 Å². The van der Waals surface area contributed by atoms with Crippen molar-refractivity contribution in [1.82, 2.24) is 5.32 Å². The Morgan fingerprint density at radius 1 is 1.25 bits per heavy atom. The zero-order valence-electron chi connectivity index (χ0n) is 12.3. The van der Waals surface area contributed by atoms with Crippen LogP contribution in [0.5, 0.6) is 11.5 Å². The van der Waals surface area contributed by atoms with Gasteiger partial charge in [-0.2, -0.15) is 0 Å². The number of nitrogens with one attached hydrogen (secondary N) is 1. The van der Waals surface area contributed by atoms with Crippen molar-refractivity contribution in [3.05, 3.63) is 23.8 Å². The van der Waals surface area contributed by atoms with E-state index in [1.54, 1.807) is 25.1 Å². The lowest BCUT2D eigenvalue weighted by atomic mass is 10.2. The van der Waals surface area contributed by atoms with Gasteiger partial charge in [-0.05, 0) is 45.4 Å². The highest BCUT2D eigenvalue weighted by Gasteiger charge is 2.11. The third kappa shape index (κ3) is 5.09. The molecule has 0 fully saturated rings. The van der Waals surface area contributed by atoms with E-state index in [9.17, 15) is 4.79 Å². The maximum Gasteiger partial charge on any atom is 0.251 e. The molecule has 0 spiro atoms. The number of amides is 1. The molecule has 0 aromatic heterocycles. The Hall–Kier alpha value is -1.75. The van der Waals surface area contributed by atoms with E-state index in [1.807, 2.05) is 13.8 Å². The summed E-state index contributed by atoms with van der Waals surface area (Å²) in [5.41, 5.74) is 0.516. The number of carbonyl (C=O) groups is 1. The number of aliphatic hydroxyl groups excluding tert-OH is 1. The van der Waals surface area contributed by atoms with Crippen LogP contribution in [0.2, 0.25) is 0 Å². The van der Waals surface area contributed by atoms with Crippen molar-refractivity contribution in [2.45, 2.75) is 33.3 Å². The van der Waals surface area contributed by atoms with Gasteiger partial charge in [0, 0.05) is 12.1 Å². The SMILES string of the molecule is CCOc1ccc(C(=O)NCCC(C)O)cc1OCC. The van der Waals surface area contributed by atoms with Gasteiger partial charge < -0.3 is 19.9 Å². The first-order valence-electron chi connectivity index (χ1n) is 6.94. The van der Waals surface area contributed by atoms with Crippen molar-refractivity contribution in [3.8, 4) is 11.5 Å². The Morgan fingerprint density at radius 2 is 1.90 bits per heavy atom. The molecule has 0 saturated carbocycles. The van der Waals surface area contributed by atoms with Gasteiger partial charge in [0.05, 0.1) is 19.3 Å². The Bertz CT molecular complexity index is 432. The molecule has 5 heteroatoms. The van der Waals surface area contributed by atoms with Crippen LogP contribution < -0.4 is 14.8 Å². The van der Waals surface area contributed by atoms with E-state index in [0.717, 1.165) is 0 Å². The van der Waals surface area contributed by atoms with E-state index in [4.69, 9.17) is 14.6 Å². The fraction of sp³-hybridized carbons (Fsp3) is 0.533. The minimum atomic E-state index is -0.422. The Balaban J connectivity index is 2.74. The molecule has 1 amide bonds. The summed E-state index contributed by atoms with van der Waals surface area (Å²) in [5, 5.41) is 11.9. The summed E-state index contributed by atoms with van der Waals surface area (Å²) in [6, 6.07) is 5.11. The van der Waals surface area contributed by atoms with Crippen LogP contribution >= 0.6 is 0 Å². The van der Waals surface area contributed by atoms with E-state index >= 15 is 0 Å². The molecule has 0 aliphatic rings. The molecule has 1 aromatic carbocycles. The highest BCUT2D eigenvalue weighted by atomic mass is 16.5. The number of hydrogen-bond donors (Lipinski definition) is 2. The normalized spacial score (nSPS) is 11.8. The third-order valence-electron chi connectivity index (χ3n) is 2.65. The number of aliphatic hydroxyl groups is 1. The summed E-state index contributed by atoms with van der Waals surface area (Å²) >= 11 is 0. The van der Waals surface area contributed by atoms with Gasteiger partial charge >= 0.3 is 0 Å². The second-order valence-corrected chi connectivity index (χ2v) is 4.42. The van der Waals surface area contributed by atoms with Gasteiger partial charge in [-0.3, -0.25) is 4.79 Å². The fourth-order valence-electron chi connectivity index (χ4n) is 1.69. The van der Waals surface area contributed by atoms with Crippen molar-refractivity contribution in [3.63, 3.8) is 0 Å². The Labute approximate surface area is 119 Å². The van der Waals surface area contributed by atoms with Crippen LogP contribution in [0.3, 0.4) is 0 Å². The summed E-state index contributed by atoms with van der Waals surface area (Å²) < 4.78 is 10.9. The Morgan fingerprint density at radius 3 is 2.50 bits per heavy atom. The van der Waals surface area contributed by atoms with Crippen LogP contribution in [0.25, 0.3) is 0 Å². The van der Waals surface area contributed by atoms with Crippen molar-refractivity contribution in [2.24, 2.45) is 0 Å². The molecule has 1 atom stereocenters. The number of ether oxygens (including phenoxy) is 2. The van der Waals surface area contributed by atoms with Gasteiger partial charge in [0.25, 0.3) is 5.91 Å². The molecule has 1 aromatic rings. The summed E-state index contributed by atoms with van der Waals surface area (Å²) in [5.74, 6) is 1.02. The van der Waals surface area contributed by atoms with Crippen LogP contribution in [-0.4, -0.2) is 36.9 Å². The molecule has 0 aliphatic carbocycles. The van der Waals surface area contributed by atoms with E-state index < -0.39 is 6.10 Å². The molecular weight excluding hydrogens is 258 g/mol. The fourth-order valence-corrected chi connectivity index (χ4v) is 1.69. The quantitative estimate of drug-likeness (QED) is 0.764. The van der Waals surface area contributed by atoms with Gasteiger partial charge in [0.1, 0.15) is 0 Å². The van der Waals surface area contributed by atoms with Crippen molar-refractivity contribution >= 4 is 5.91 Å². The van der Waals surface area contributed by atoms with Crippen LogP contribution in [0.15, 0.2) is 18.2 Å². The predicted octanol–water partition coefficient (Wildman–Crippen LogP) is 1.98. The molecule has 2 N–H and O–H groups in total. The number of carbonyl (C=O) groups excluding carboxylic acids is 1. The molecule has 0 aliphatic heterocycles. The first kappa shape index (κ1) is 16.3. The first-order valence-corrected chi connectivity index (χ1v) is 6.94. The van der Waals surface area contributed by atoms with Gasteiger partial charge in [-0.1, -0.05) is 0 Å². The summed E-state index contributed by atoms with van der Waals surface area (Å²) in [4.78, 5) is 12.0. The molecule has 5 nitrogen and oxygen atoms in total. The number of rotatable bonds is 8. The van der Waals surface area contributed by atoms with Crippen LogP contribution in [0.1, 0.15) is 37.6 Å². The van der Waals surface area contributed by atoms with E-state index in [0.29, 0.717) is 43.2 Å².